The van der Waals surface area contributed by atoms with E-state index in [2.05, 4.69) is 15.6 Å². The molecular weight excluding hydrogens is 208 g/mol. The molecule has 0 aliphatic rings. The molecule has 0 saturated carbocycles. The second kappa shape index (κ2) is 5.60. The summed E-state index contributed by atoms with van der Waals surface area (Å²) in [5.74, 6) is 0.323. The molecular formula is C10H18N4O2. The lowest BCUT2D eigenvalue weighted by Crippen LogP contribution is -2.30. The summed E-state index contributed by atoms with van der Waals surface area (Å²) in [4.78, 5) is 11.4. The lowest BCUT2D eigenvalue weighted by Gasteiger charge is -2.06. The van der Waals surface area contributed by atoms with Crippen LogP contribution >= 0.6 is 0 Å². The van der Waals surface area contributed by atoms with Gasteiger partial charge in [-0.3, -0.25) is 4.79 Å². The first-order valence-corrected chi connectivity index (χ1v) is 5.34. The van der Waals surface area contributed by atoms with Crippen molar-refractivity contribution in [2.24, 2.45) is 5.92 Å². The summed E-state index contributed by atoms with van der Waals surface area (Å²) in [6.45, 7) is 6.44. The zero-order chi connectivity index (χ0) is 12.1. The Bertz CT molecular complexity index is 346. The zero-order valence-corrected chi connectivity index (χ0v) is 9.84. The Balaban J connectivity index is 2.43. The van der Waals surface area contributed by atoms with Crippen LogP contribution in [0.1, 0.15) is 32.6 Å². The molecule has 1 atom stereocenters. The molecule has 0 saturated heterocycles. The predicted molar refractivity (Wildman–Crippen MR) is 58.5 cm³/mol. The van der Waals surface area contributed by atoms with Crippen LogP contribution in [0.25, 0.3) is 0 Å². The summed E-state index contributed by atoms with van der Waals surface area (Å²) < 4.78 is 1.41. The fraction of sp³-hybridized carbons (Fsp3) is 0.700. The highest BCUT2D eigenvalue weighted by Gasteiger charge is 2.09. The van der Waals surface area contributed by atoms with Gasteiger partial charge < -0.3 is 10.4 Å². The van der Waals surface area contributed by atoms with E-state index in [0.29, 0.717) is 18.2 Å². The van der Waals surface area contributed by atoms with Gasteiger partial charge in [0.2, 0.25) is 5.91 Å². The Morgan fingerprint density at radius 2 is 2.25 bits per heavy atom. The lowest BCUT2D eigenvalue weighted by atomic mass is 10.2. The minimum absolute atomic E-state index is 0.101. The number of hydrogen-bond acceptors (Lipinski definition) is 4. The molecule has 0 fully saturated rings. The van der Waals surface area contributed by atoms with Gasteiger partial charge in [-0.2, -0.15) is 0 Å². The van der Waals surface area contributed by atoms with Crippen LogP contribution in [0.3, 0.4) is 0 Å². The largest absolute Gasteiger partial charge is 0.387 e. The van der Waals surface area contributed by atoms with Crippen LogP contribution in [0, 0.1) is 5.92 Å². The normalized spacial score (nSPS) is 12.8. The third-order valence-corrected chi connectivity index (χ3v) is 2.00. The molecule has 0 aromatic carbocycles. The molecule has 0 aliphatic carbocycles. The van der Waals surface area contributed by atoms with Crippen LogP contribution in [0.2, 0.25) is 0 Å². The van der Waals surface area contributed by atoms with Crippen molar-refractivity contribution in [2.45, 2.75) is 33.4 Å². The quantitative estimate of drug-likeness (QED) is 0.746. The minimum atomic E-state index is -0.660. The van der Waals surface area contributed by atoms with Crippen LogP contribution in [0.15, 0.2) is 6.20 Å². The molecule has 1 rings (SSSR count). The number of nitrogens with one attached hydrogen (secondary N) is 1. The molecule has 0 aliphatic heterocycles. The predicted octanol–water partition coefficient (Wildman–Crippen LogP) is 0.104. The van der Waals surface area contributed by atoms with Crippen molar-refractivity contribution >= 4 is 5.91 Å². The average Bonchev–Trinajstić information content (AvgIpc) is 2.63. The van der Waals surface area contributed by atoms with Crippen molar-refractivity contribution in [1.82, 2.24) is 20.3 Å². The summed E-state index contributed by atoms with van der Waals surface area (Å²) in [5, 5.41) is 19.5. The molecule has 16 heavy (non-hydrogen) atoms. The van der Waals surface area contributed by atoms with Gasteiger partial charge in [0.15, 0.2) is 0 Å². The molecule has 1 aromatic heterocycles. The number of amides is 1. The van der Waals surface area contributed by atoms with Gasteiger partial charge in [0.25, 0.3) is 0 Å². The first-order valence-electron chi connectivity index (χ1n) is 5.34. The molecule has 1 unspecified atom stereocenters. The molecule has 0 radical (unpaired) electrons. The van der Waals surface area contributed by atoms with Crippen molar-refractivity contribution in [2.75, 3.05) is 6.54 Å². The molecule has 90 valence electrons. The van der Waals surface area contributed by atoms with Crippen molar-refractivity contribution in [1.29, 1.82) is 0 Å². The third kappa shape index (κ3) is 3.98. The number of carbonyl (C=O) groups excluding carboxylic acids is 1. The summed E-state index contributed by atoms with van der Waals surface area (Å²) in [7, 11) is 0. The second-order valence-corrected chi connectivity index (χ2v) is 4.21. The SMILES string of the molecule is CC(C)CNC(=O)Cn1cc(C(C)O)nn1. The van der Waals surface area contributed by atoms with Gasteiger partial charge in [-0.05, 0) is 12.8 Å². The first-order chi connectivity index (χ1) is 7.49. The fourth-order valence-electron chi connectivity index (χ4n) is 1.10. The number of aliphatic hydroxyl groups is 1. The van der Waals surface area contributed by atoms with Gasteiger partial charge in [0.05, 0.1) is 12.3 Å². The highest BCUT2D eigenvalue weighted by molar-refractivity contribution is 5.75. The van der Waals surface area contributed by atoms with Crippen LogP contribution < -0.4 is 5.32 Å². The molecule has 1 heterocycles. The van der Waals surface area contributed by atoms with Gasteiger partial charge in [0, 0.05) is 6.54 Å². The smallest absolute Gasteiger partial charge is 0.241 e. The number of aromatic nitrogens is 3. The standard InChI is InChI=1S/C10H18N4O2/c1-7(2)4-11-10(16)6-14-5-9(8(3)15)12-13-14/h5,7-8,15H,4,6H2,1-3H3,(H,11,16). The molecule has 0 bridgehead atoms. The van der Waals surface area contributed by atoms with Crippen molar-refractivity contribution in [3.05, 3.63) is 11.9 Å². The van der Waals surface area contributed by atoms with Gasteiger partial charge >= 0.3 is 0 Å². The Labute approximate surface area is 94.7 Å². The third-order valence-electron chi connectivity index (χ3n) is 2.00. The molecule has 2 N–H and O–H groups in total. The maximum absolute atomic E-state index is 11.4. The molecule has 1 aromatic rings. The van der Waals surface area contributed by atoms with E-state index >= 15 is 0 Å². The van der Waals surface area contributed by atoms with Crippen LogP contribution in [-0.4, -0.2) is 32.6 Å². The summed E-state index contributed by atoms with van der Waals surface area (Å²) in [6, 6.07) is 0. The number of hydrogen-bond donors (Lipinski definition) is 2. The Morgan fingerprint density at radius 1 is 1.56 bits per heavy atom. The topological polar surface area (TPSA) is 80.0 Å². The van der Waals surface area contributed by atoms with Crippen LogP contribution in [-0.2, 0) is 11.3 Å². The number of nitrogens with zero attached hydrogens (tertiary/aromatic N) is 3. The van der Waals surface area contributed by atoms with E-state index in [1.807, 2.05) is 13.8 Å². The number of aliphatic hydroxyl groups excluding tert-OH is 1. The lowest BCUT2D eigenvalue weighted by molar-refractivity contribution is -0.122. The van der Waals surface area contributed by atoms with Gasteiger partial charge in [0.1, 0.15) is 12.2 Å². The highest BCUT2D eigenvalue weighted by atomic mass is 16.3. The van der Waals surface area contributed by atoms with Crippen molar-refractivity contribution in [3.63, 3.8) is 0 Å². The summed E-state index contributed by atoms with van der Waals surface area (Å²) >= 11 is 0. The Kier molecular flexibility index (Phi) is 4.42. The van der Waals surface area contributed by atoms with Gasteiger partial charge in [-0.1, -0.05) is 19.1 Å². The van der Waals surface area contributed by atoms with Gasteiger partial charge in [-0.15, -0.1) is 5.10 Å². The van der Waals surface area contributed by atoms with E-state index < -0.39 is 6.10 Å². The molecule has 6 nitrogen and oxygen atoms in total. The number of rotatable bonds is 5. The van der Waals surface area contributed by atoms with E-state index in [0.717, 1.165) is 0 Å². The fourth-order valence-corrected chi connectivity index (χ4v) is 1.10. The Hall–Kier alpha value is -1.43. The maximum atomic E-state index is 11.4. The molecule has 0 spiro atoms. The van der Waals surface area contributed by atoms with Crippen LogP contribution in [0.5, 0.6) is 0 Å². The van der Waals surface area contributed by atoms with E-state index in [-0.39, 0.29) is 12.5 Å². The second-order valence-electron chi connectivity index (χ2n) is 4.21. The van der Waals surface area contributed by atoms with E-state index in [1.165, 1.54) is 4.68 Å². The van der Waals surface area contributed by atoms with Crippen LogP contribution in [0.4, 0.5) is 0 Å². The summed E-state index contributed by atoms with van der Waals surface area (Å²) in [5.41, 5.74) is 0.469. The maximum Gasteiger partial charge on any atom is 0.241 e. The average molecular weight is 226 g/mol. The van der Waals surface area contributed by atoms with Crippen molar-refractivity contribution < 1.29 is 9.90 Å². The first kappa shape index (κ1) is 12.6. The Morgan fingerprint density at radius 3 is 2.75 bits per heavy atom. The zero-order valence-electron chi connectivity index (χ0n) is 9.84. The van der Waals surface area contributed by atoms with E-state index in [4.69, 9.17) is 0 Å². The van der Waals surface area contributed by atoms with Gasteiger partial charge in [-0.25, -0.2) is 4.68 Å². The van der Waals surface area contributed by atoms with Crippen molar-refractivity contribution in [3.8, 4) is 0 Å². The van der Waals surface area contributed by atoms with E-state index in [9.17, 15) is 9.90 Å². The number of carbonyl (C=O) groups is 1. The monoisotopic (exact) mass is 226 g/mol. The molecule has 1 amide bonds. The minimum Gasteiger partial charge on any atom is -0.387 e. The summed E-state index contributed by atoms with van der Waals surface area (Å²) in [6.07, 6.45) is 0.909. The molecule has 6 heteroatoms. The van der Waals surface area contributed by atoms with E-state index in [1.54, 1.807) is 13.1 Å². The highest BCUT2D eigenvalue weighted by Crippen LogP contribution is 2.05.